The fourth-order valence-corrected chi connectivity index (χ4v) is 13.5. The molecule has 24 nitrogen and oxygen atoms in total. The monoisotopic (exact) mass is 1410 g/mol. The van der Waals surface area contributed by atoms with Gasteiger partial charge in [-0.1, -0.05) is 245 Å². The van der Waals surface area contributed by atoms with Crippen molar-refractivity contribution in [2.75, 3.05) is 26.4 Å². The molecule has 570 valence electrons. The Morgan fingerprint density at radius 1 is 0.392 bits per heavy atom. The molecule has 1 aliphatic carbocycles. The third kappa shape index (κ3) is 37.6. The summed E-state index contributed by atoms with van der Waals surface area (Å²) in [5.74, 6) is -2.00. The second-order valence-electron chi connectivity index (χ2n) is 27.4. The average Bonchev–Trinajstić information content (AvgIpc) is 0.762. The first kappa shape index (κ1) is 88.9. The molecule has 0 aromatic carbocycles. The van der Waals surface area contributed by atoms with E-state index < -0.39 is 156 Å². The zero-order valence-electron chi connectivity index (χ0n) is 59.4. The van der Waals surface area contributed by atoms with E-state index in [-0.39, 0.29) is 19.3 Å². The van der Waals surface area contributed by atoms with Crippen LogP contribution in [0.4, 0.5) is 0 Å². The van der Waals surface area contributed by atoms with Crippen LogP contribution in [0.2, 0.25) is 0 Å². The molecule has 0 radical (unpaired) electrons. The van der Waals surface area contributed by atoms with Crippen LogP contribution in [0.3, 0.4) is 0 Å². The van der Waals surface area contributed by atoms with E-state index in [1.807, 2.05) is 0 Å². The van der Waals surface area contributed by atoms with E-state index in [1.165, 1.54) is 141 Å². The fourth-order valence-electron chi connectivity index (χ4n) is 12.6. The number of phosphoric ester groups is 1. The highest BCUT2D eigenvalue weighted by Crippen LogP contribution is 2.49. The Morgan fingerprint density at radius 3 is 1.12 bits per heavy atom. The predicted octanol–water partition coefficient (Wildman–Crippen LogP) is 10.4. The molecule has 2 aliphatic heterocycles. The minimum atomic E-state index is -5.70. The Morgan fingerprint density at radius 2 is 0.722 bits per heavy atom. The summed E-state index contributed by atoms with van der Waals surface area (Å²) < 4.78 is 65.0. The Kier molecular flexibility index (Phi) is 49.8. The SMILES string of the molecule is CCCCCCCCC/C=C\CCCCCC(=O)OCC(COP(=O)(O)OC1C(OC2OC(CO)C(O)C(O)C2O)C(O)C(O)C(O)C1OC1OC(COC(=O)CCCCCCCCCCCCC)C(O)C(O)C1O)OC(=O)CCCCCCCCCCCCCCCCCCC. The molecule has 1 saturated carbocycles. The summed E-state index contributed by atoms with van der Waals surface area (Å²) in [4.78, 5) is 51.0. The topological polar surface area (TPSA) is 374 Å². The second kappa shape index (κ2) is 54.4. The lowest BCUT2D eigenvalue weighted by Crippen LogP contribution is -2.69. The maximum Gasteiger partial charge on any atom is 0.472 e. The number of hydrogen-bond donors (Lipinski definition) is 11. The molecular weight excluding hydrogens is 1280 g/mol. The van der Waals surface area contributed by atoms with Crippen LogP contribution >= 0.6 is 7.82 Å². The highest BCUT2D eigenvalue weighted by Gasteiger charge is 2.58. The summed E-state index contributed by atoms with van der Waals surface area (Å²) in [6, 6.07) is 0. The van der Waals surface area contributed by atoms with E-state index >= 15 is 0 Å². The summed E-state index contributed by atoms with van der Waals surface area (Å²) in [6.07, 6.45) is 12.9. The number of unbranched alkanes of at least 4 members (excludes halogenated alkanes) is 36. The Balaban J connectivity index is 1.74. The molecule has 0 aromatic heterocycles. The maximum atomic E-state index is 14.3. The summed E-state index contributed by atoms with van der Waals surface area (Å²) >= 11 is 0. The van der Waals surface area contributed by atoms with E-state index in [0.717, 1.165) is 96.3 Å². The van der Waals surface area contributed by atoms with Crippen LogP contribution in [0.5, 0.6) is 0 Å². The van der Waals surface area contributed by atoms with E-state index in [4.69, 9.17) is 42.2 Å². The van der Waals surface area contributed by atoms with Crippen LogP contribution < -0.4 is 0 Å². The third-order valence-electron chi connectivity index (χ3n) is 18.8. The molecule has 97 heavy (non-hydrogen) atoms. The minimum Gasteiger partial charge on any atom is -0.463 e. The van der Waals surface area contributed by atoms with Crippen LogP contribution in [0, 0.1) is 0 Å². The molecule has 3 fully saturated rings. The quantitative estimate of drug-likeness (QED) is 0.00886. The smallest absolute Gasteiger partial charge is 0.463 e. The molecule has 11 N–H and O–H groups in total. The zero-order chi connectivity index (χ0) is 71.1. The standard InChI is InChI=1S/C72H133O24P/c1-4-7-10-13-16-19-22-24-26-27-28-30-33-36-39-42-45-48-58(76)91-53(50-88-56(74)46-43-40-37-35-32-29-25-23-20-17-14-11-8-5-2)51-90-97(86,87)96-70-68(94-71-66(84)61(79)59(77)54(49-73)92-71)64(82)63(81)65(83)69(70)95-72-67(85)62(80)60(78)55(93-72)52-89-57(75)47-44-41-38-34-31-21-18-15-12-9-6-3/h29,32,53-55,59-73,77-85H,4-28,30-31,33-52H2,1-3H3,(H,86,87)/b32-29-. The van der Waals surface area contributed by atoms with Crippen molar-refractivity contribution >= 4 is 25.7 Å². The summed E-state index contributed by atoms with van der Waals surface area (Å²) in [6.45, 7) is 3.43. The van der Waals surface area contributed by atoms with Crippen LogP contribution in [0.1, 0.15) is 297 Å². The van der Waals surface area contributed by atoms with Gasteiger partial charge >= 0.3 is 25.7 Å². The lowest BCUT2D eigenvalue weighted by atomic mass is 9.84. The molecule has 0 amide bonds. The van der Waals surface area contributed by atoms with Crippen LogP contribution in [0.25, 0.3) is 0 Å². The molecular formula is C72H133O24P. The van der Waals surface area contributed by atoms with Crippen molar-refractivity contribution < 1.29 is 117 Å². The van der Waals surface area contributed by atoms with Crippen molar-refractivity contribution in [3.05, 3.63) is 12.2 Å². The number of phosphoric acid groups is 1. The Labute approximate surface area is 580 Å². The van der Waals surface area contributed by atoms with Gasteiger partial charge in [0.05, 0.1) is 13.2 Å². The molecule has 0 bridgehead atoms. The number of hydrogen-bond acceptors (Lipinski definition) is 23. The molecule has 0 spiro atoms. The first-order valence-corrected chi connectivity index (χ1v) is 39.5. The lowest BCUT2D eigenvalue weighted by molar-refractivity contribution is -0.360. The second-order valence-corrected chi connectivity index (χ2v) is 28.8. The number of ether oxygens (including phenoxy) is 7. The number of esters is 3. The number of aliphatic hydroxyl groups is 10. The predicted molar refractivity (Wildman–Crippen MR) is 365 cm³/mol. The summed E-state index contributed by atoms with van der Waals surface area (Å²) in [5.41, 5.74) is 0. The summed E-state index contributed by atoms with van der Waals surface area (Å²) in [7, 11) is -5.70. The van der Waals surface area contributed by atoms with Gasteiger partial charge in [0.1, 0.15) is 98.7 Å². The molecule has 2 saturated heterocycles. The van der Waals surface area contributed by atoms with Crippen LogP contribution in [-0.2, 0) is 61.2 Å². The van der Waals surface area contributed by atoms with Gasteiger partial charge in [0.15, 0.2) is 18.7 Å². The fraction of sp³-hybridized carbons (Fsp3) is 0.931. The number of allylic oxidation sites excluding steroid dienone is 2. The summed E-state index contributed by atoms with van der Waals surface area (Å²) in [5, 5.41) is 110. The molecule has 3 rings (SSSR count). The van der Waals surface area contributed by atoms with Gasteiger partial charge in [0, 0.05) is 19.3 Å². The third-order valence-corrected chi connectivity index (χ3v) is 19.8. The van der Waals surface area contributed by atoms with Gasteiger partial charge in [0.25, 0.3) is 0 Å². The number of rotatable bonds is 59. The highest BCUT2D eigenvalue weighted by atomic mass is 31.2. The Hall–Kier alpha value is -2.30. The van der Waals surface area contributed by atoms with Gasteiger partial charge in [-0.3, -0.25) is 23.4 Å². The van der Waals surface area contributed by atoms with Crippen molar-refractivity contribution in [3.8, 4) is 0 Å². The van der Waals surface area contributed by atoms with Gasteiger partial charge < -0.3 is 89.1 Å². The molecule has 0 aromatic rings. The first-order chi connectivity index (χ1) is 46.8. The molecule has 18 unspecified atom stereocenters. The highest BCUT2D eigenvalue weighted by molar-refractivity contribution is 7.47. The maximum absolute atomic E-state index is 14.3. The number of aliphatic hydroxyl groups excluding tert-OH is 10. The van der Waals surface area contributed by atoms with Crippen molar-refractivity contribution in [2.45, 2.75) is 401 Å². The lowest BCUT2D eigenvalue weighted by Gasteiger charge is -2.49. The molecule has 18 atom stereocenters. The van der Waals surface area contributed by atoms with E-state index in [1.54, 1.807) is 0 Å². The number of carbonyl (C=O) groups excluding carboxylic acids is 3. The normalized spacial score (nSPS) is 27.8. The van der Waals surface area contributed by atoms with Crippen molar-refractivity contribution in [2.24, 2.45) is 0 Å². The van der Waals surface area contributed by atoms with Crippen LogP contribution in [0.15, 0.2) is 12.2 Å². The van der Waals surface area contributed by atoms with Crippen LogP contribution in [-0.4, -0.2) is 204 Å². The molecule has 3 aliphatic rings. The minimum absolute atomic E-state index is 0.0281. The van der Waals surface area contributed by atoms with Gasteiger partial charge in [-0.2, -0.15) is 0 Å². The van der Waals surface area contributed by atoms with Gasteiger partial charge in [-0.05, 0) is 44.9 Å². The van der Waals surface area contributed by atoms with E-state index in [9.17, 15) is 74.9 Å². The Bertz CT molecular complexity index is 2060. The molecule has 25 heteroatoms. The van der Waals surface area contributed by atoms with E-state index in [0.29, 0.717) is 19.3 Å². The van der Waals surface area contributed by atoms with Gasteiger partial charge in [0.2, 0.25) is 0 Å². The van der Waals surface area contributed by atoms with Crippen molar-refractivity contribution in [3.63, 3.8) is 0 Å². The molecule has 2 heterocycles. The largest absolute Gasteiger partial charge is 0.472 e. The average molecular weight is 1410 g/mol. The zero-order valence-corrected chi connectivity index (χ0v) is 60.3. The number of carbonyl (C=O) groups is 3. The van der Waals surface area contributed by atoms with Crippen molar-refractivity contribution in [1.82, 2.24) is 0 Å². The van der Waals surface area contributed by atoms with Gasteiger partial charge in [-0.25, -0.2) is 4.57 Å². The van der Waals surface area contributed by atoms with Crippen molar-refractivity contribution in [1.29, 1.82) is 0 Å². The van der Waals surface area contributed by atoms with Gasteiger partial charge in [-0.15, -0.1) is 0 Å². The van der Waals surface area contributed by atoms with E-state index in [2.05, 4.69) is 32.9 Å². The first-order valence-electron chi connectivity index (χ1n) is 38.0.